The maximum Gasteiger partial charge on any atom is 0.207 e. The van der Waals surface area contributed by atoms with E-state index in [0.29, 0.717) is 22.8 Å². The van der Waals surface area contributed by atoms with Gasteiger partial charge < -0.3 is 5.73 Å². The van der Waals surface area contributed by atoms with Crippen LogP contribution in [-0.4, -0.2) is 19.3 Å². The number of halogens is 2. The fourth-order valence-corrected chi connectivity index (χ4v) is 2.50. The van der Waals surface area contributed by atoms with Gasteiger partial charge in [-0.15, -0.1) is 0 Å². The predicted molar refractivity (Wildman–Crippen MR) is 76.6 cm³/mol. The van der Waals surface area contributed by atoms with Crippen molar-refractivity contribution in [1.29, 1.82) is 0 Å². The highest BCUT2D eigenvalue weighted by molar-refractivity contribution is 6.32. The van der Waals surface area contributed by atoms with Crippen molar-refractivity contribution in [1.82, 2.24) is 19.3 Å². The molecular weight excluding hydrogens is 281 g/mol. The smallest absolute Gasteiger partial charge is 0.207 e. The monoisotopic (exact) mass is 293 g/mol. The summed E-state index contributed by atoms with van der Waals surface area (Å²) < 4.78 is 16.9. The molecule has 3 aromatic rings. The van der Waals surface area contributed by atoms with Crippen LogP contribution in [0.3, 0.4) is 0 Å². The highest BCUT2D eigenvalue weighted by Crippen LogP contribution is 2.29. The Bertz CT molecular complexity index is 805. The number of nitrogens with two attached hydrogens (primary N) is 1. The first-order chi connectivity index (χ1) is 9.52. The van der Waals surface area contributed by atoms with Crippen molar-refractivity contribution in [2.45, 2.75) is 20.4 Å². The van der Waals surface area contributed by atoms with Crippen LogP contribution in [-0.2, 0) is 6.54 Å². The van der Waals surface area contributed by atoms with Crippen LogP contribution < -0.4 is 5.73 Å². The van der Waals surface area contributed by atoms with E-state index in [1.165, 1.54) is 18.2 Å². The van der Waals surface area contributed by atoms with E-state index in [-0.39, 0.29) is 11.8 Å². The lowest BCUT2D eigenvalue weighted by atomic mass is 10.3. The highest BCUT2D eigenvalue weighted by atomic mass is 35.5. The molecular formula is C13H13ClFN5. The zero-order valence-corrected chi connectivity index (χ0v) is 11.8. The minimum atomic E-state index is -0.384. The molecule has 1 aromatic carbocycles. The van der Waals surface area contributed by atoms with Crippen molar-refractivity contribution >= 4 is 28.7 Å². The highest BCUT2D eigenvalue weighted by Gasteiger charge is 2.19. The molecule has 0 aliphatic rings. The minimum Gasteiger partial charge on any atom is -0.369 e. The number of anilines is 1. The third-order valence-electron chi connectivity index (χ3n) is 3.19. The lowest BCUT2D eigenvalue weighted by Crippen LogP contribution is -2.07. The second kappa shape index (κ2) is 4.49. The molecule has 0 radical (unpaired) electrons. The van der Waals surface area contributed by atoms with Gasteiger partial charge in [-0.1, -0.05) is 11.6 Å². The third kappa shape index (κ3) is 1.76. The van der Waals surface area contributed by atoms with Crippen LogP contribution in [0.25, 0.3) is 16.9 Å². The topological polar surface area (TPSA) is 61.7 Å². The Morgan fingerprint density at radius 3 is 2.85 bits per heavy atom. The number of imidazole rings is 1. The normalized spacial score (nSPS) is 11.4. The predicted octanol–water partition coefficient (Wildman–Crippen LogP) is 2.93. The molecule has 2 heterocycles. The first-order valence-corrected chi connectivity index (χ1v) is 6.57. The lowest BCUT2D eigenvalue weighted by molar-refractivity contribution is 0.626. The van der Waals surface area contributed by atoms with Gasteiger partial charge in [-0.2, -0.15) is 5.10 Å². The molecule has 0 bridgehead atoms. The van der Waals surface area contributed by atoms with Gasteiger partial charge in [-0.25, -0.2) is 14.1 Å². The average Bonchev–Trinajstić information content (AvgIpc) is 2.90. The third-order valence-corrected chi connectivity index (χ3v) is 3.51. The fraction of sp³-hybridized carbons (Fsp3) is 0.231. The van der Waals surface area contributed by atoms with Gasteiger partial charge >= 0.3 is 0 Å². The van der Waals surface area contributed by atoms with E-state index in [0.717, 1.165) is 11.3 Å². The van der Waals surface area contributed by atoms with E-state index in [1.54, 1.807) is 9.25 Å². The minimum absolute atomic E-state index is 0.259. The van der Waals surface area contributed by atoms with Crippen molar-refractivity contribution in [2.75, 3.05) is 5.73 Å². The summed E-state index contributed by atoms with van der Waals surface area (Å²) in [6, 6.07) is 4.14. The summed E-state index contributed by atoms with van der Waals surface area (Å²) in [5.74, 6) is -0.125. The van der Waals surface area contributed by atoms with E-state index >= 15 is 0 Å². The zero-order chi connectivity index (χ0) is 14.4. The van der Waals surface area contributed by atoms with Gasteiger partial charge in [0, 0.05) is 6.54 Å². The molecule has 0 unspecified atom stereocenters. The number of hydrogen-bond donors (Lipinski definition) is 1. The summed E-state index contributed by atoms with van der Waals surface area (Å²) in [5, 5.41) is 4.79. The molecule has 0 saturated heterocycles. The molecule has 0 aliphatic heterocycles. The molecule has 7 heteroatoms. The second-order valence-corrected chi connectivity index (χ2v) is 4.88. The van der Waals surface area contributed by atoms with Gasteiger partial charge in [-0.3, -0.25) is 4.57 Å². The molecule has 104 valence electrons. The summed E-state index contributed by atoms with van der Waals surface area (Å²) in [4.78, 5) is 4.30. The molecule has 2 aromatic heterocycles. The number of nitrogens with zero attached hydrogens (tertiary/aromatic N) is 4. The van der Waals surface area contributed by atoms with E-state index in [9.17, 15) is 4.39 Å². The molecule has 0 aliphatic carbocycles. The van der Waals surface area contributed by atoms with Gasteiger partial charge in [0.1, 0.15) is 11.3 Å². The van der Waals surface area contributed by atoms with E-state index < -0.39 is 0 Å². The maximum atomic E-state index is 13.5. The van der Waals surface area contributed by atoms with Crippen LogP contribution in [0.1, 0.15) is 12.6 Å². The summed E-state index contributed by atoms with van der Waals surface area (Å²) in [5.41, 5.74) is 8.62. The van der Waals surface area contributed by atoms with Crippen LogP contribution in [0.15, 0.2) is 18.2 Å². The first-order valence-electron chi connectivity index (χ1n) is 6.19. The van der Waals surface area contributed by atoms with Crippen molar-refractivity contribution in [2.24, 2.45) is 0 Å². The zero-order valence-electron chi connectivity index (χ0n) is 11.1. The number of aryl methyl sites for hydroxylation is 2. The molecule has 3 rings (SSSR count). The van der Waals surface area contributed by atoms with Gasteiger partial charge in [0.05, 0.1) is 16.4 Å². The summed E-state index contributed by atoms with van der Waals surface area (Å²) in [7, 11) is 0. The molecule has 2 N–H and O–H groups in total. The van der Waals surface area contributed by atoms with E-state index in [1.807, 2.05) is 13.8 Å². The molecule has 0 atom stereocenters. The standard InChI is InChI=1S/C13H13ClFN5/c1-3-19-12-11(7(2)18-19)17-13(16)20(12)10-6-8(15)4-5-9(10)14/h4-6H,3H2,1-2H3,(H2,16,17). The lowest BCUT2D eigenvalue weighted by Gasteiger charge is -2.10. The van der Waals surface area contributed by atoms with Crippen LogP contribution in [0.5, 0.6) is 0 Å². The number of hydrogen-bond acceptors (Lipinski definition) is 3. The summed E-state index contributed by atoms with van der Waals surface area (Å²) in [6.07, 6.45) is 0. The maximum absolute atomic E-state index is 13.5. The van der Waals surface area contributed by atoms with Gasteiger partial charge in [0.2, 0.25) is 5.95 Å². The number of nitrogen functional groups attached to an aromatic ring is 1. The first kappa shape index (κ1) is 12.9. The Morgan fingerprint density at radius 2 is 2.15 bits per heavy atom. The van der Waals surface area contributed by atoms with Crippen LogP contribution in [0.4, 0.5) is 10.3 Å². The number of aromatic nitrogens is 4. The van der Waals surface area contributed by atoms with E-state index in [2.05, 4.69) is 10.1 Å². The van der Waals surface area contributed by atoms with Gasteiger partial charge in [-0.05, 0) is 32.0 Å². The van der Waals surface area contributed by atoms with Gasteiger partial charge in [0.15, 0.2) is 5.65 Å². The fourth-order valence-electron chi connectivity index (χ4n) is 2.30. The van der Waals surface area contributed by atoms with Crippen molar-refractivity contribution < 1.29 is 4.39 Å². The second-order valence-electron chi connectivity index (χ2n) is 4.47. The van der Waals surface area contributed by atoms with Crippen molar-refractivity contribution in [3.63, 3.8) is 0 Å². The largest absolute Gasteiger partial charge is 0.369 e. The van der Waals surface area contributed by atoms with Crippen molar-refractivity contribution in [3.05, 3.63) is 34.7 Å². The van der Waals surface area contributed by atoms with Crippen LogP contribution in [0, 0.1) is 12.7 Å². The Kier molecular flexibility index (Phi) is 2.90. The Hall–Kier alpha value is -2.08. The average molecular weight is 294 g/mol. The Balaban J connectivity index is 2.41. The quantitative estimate of drug-likeness (QED) is 0.790. The number of fused-ring (bicyclic) bond motifs is 1. The molecule has 0 amide bonds. The summed E-state index contributed by atoms with van der Waals surface area (Å²) in [6.45, 7) is 4.48. The molecule has 0 saturated carbocycles. The Labute approximate surface area is 119 Å². The van der Waals surface area contributed by atoms with Crippen LogP contribution in [0.2, 0.25) is 5.02 Å². The molecule has 5 nitrogen and oxygen atoms in total. The Morgan fingerprint density at radius 1 is 1.40 bits per heavy atom. The SMILES string of the molecule is CCn1nc(C)c2nc(N)n(-c3cc(F)ccc3Cl)c21. The number of rotatable bonds is 2. The molecule has 0 spiro atoms. The van der Waals surface area contributed by atoms with Crippen LogP contribution >= 0.6 is 11.6 Å². The molecule has 0 fully saturated rings. The van der Waals surface area contributed by atoms with Crippen molar-refractivity contribution in [3.8, 4) is 5.69 Å². The van der Waals surface area contributed by atoms with Gasteiger partial charge in [0.25, 0.3) is 0 Å². The van der Waals surface area contributed by atoms with E-state index in [4.69, 9.17) is 17.3 Å². The number of benzene rings is 1. The molecule has 20 heavy (non-hydrogen) atoms. The summed E-state index contributed by atoms with van der Waals surface area (Å²) >= 11 is 6.16.